The minimum atomic E-state index is -1.14. The van der Waals surface area contributed by atoms with Crippen LogP contribution >= 0.6 is 0 Å². The molecule has 14 aliphatic rings. The molecule has 8 nitrogen and oxygen atoms in total. The molecule has 2 spiro atoms. The highest BCUT2D eigenvalue weighted by Gasteiger charge is 2.58. The topological polar surface area (TPSA) is 89.5 Å². The zero-order chi connectivity index (χ0) is 26.6. The summed E-state index contributed by atoms with van der Waals surface area (Å²) in [5.74, 6) is -1.68. The van der Waals surface area contributed by atoms with Gasteiger partial charge in [-0.1, -0.05) is 36.4 Å². The first-order valence-electron chi connectivity index (χ1n) is 14.2. The van der Waals surface area contributed by atoms with E-state index in [1.807, 2.05) is 48.6 Å². The second-order valence-electron chi connectivity index (χ2n) is 11.8. The lowest BCUT2D eigenvalue weighted by atomic mass is 9.72. The molecule has 2 saturated heterocycles. The number of benzene rings is 2. The van der Waals surface area contributed by atoms with Crippen molar-refractivity contribution in [2.75, 3.05) is 26.4 Å². The molecule has 11 heterocycles. The van der Waals surface area contributed by atoms with Crippen molar-refractivity contribution in [2.45, 2.75) is 49.5 Å². The van der Waals surface area contributed by atoms with Crippen LogP contribution in [0.3, 0.4) is 0 Å². The van der Waals surface area contributed by atoms with Gasteiger partial charge in [-0.05, 0) is 47.2 Å². The van der Waals surface area contributed by atoms with E-state index in [9.17, 15) is 9.59 Å². The van der Waals surface area contributed by atoms with Gasteiger partial charge in [0.2, 0.25) is 11.6 Å². The van der Waals surface area contributed by atoms with Crippen LogP contribution in [0.2, 0.25) is 0 Å². The van der Waals surface area contributed by atoms with Gasteiger partial charge in [0.1, 0.15) is 11.5 Å². The molecule has 0 radical (unpaired) electrons. The van der Waals surface area contributed by atoms with E-state index in [0.29, 0.717) is 74.8 Å². The first-order chi connectivity index (χ1) is 19.5. The van der Waals surface area contributed by atoms with Crippen molar-refractivity contribution >= 4 is 11.6 Å². The van der Waals surface area contributed by atoms with Crippen LogP contribution in [0.4, 0.5) is 0 Å². The summed E-state index contributed by atoms with van der Waals surface area (Å²) in [6.45, 7) is 1.70. The number of allylic oxidation sites excluding steroid dienone is 2. The molecule has 0 N–H and O–H groups in total. The van der Waals surface area contributed by atoms with E-state index < -0.39 is 35.6 Å². The number of ketones is 2. The van der Waals surface area contributed by atoms with Gasteiger partial charge in [0.15, 0.2) is 23.8 Å². The van der Waals surface area contributed by atoms with Crippen LogP contribution in [0.25, 0.3) is 0 Å². The number of rotatable bonds is 0. The zero-order valence-corrected chi connectivity index (χ0v) is 21.9. The van der Waals surface area contributed by atoms with Crippen molar-refractivity contribution in [1.29, 1.82) is 0 Å². The number of carbonyl (C=O) groups is 2. The SMILES string of the molecule is O=C1C2=CC3(OCCO3)C3Oc4c(cccc4CC13)CC1=CC3(OCCO3)C3Oc4c(cccc4CC3C1=O)C2. The predicted molar refractivity (Wildman–Crippen MR) is 139 cm³/mol. The lowest BCUT2D eigenvalue weighted by Gasteiger charge is -2.46. The second-order valence-corrected chi connectivity index (χ2v) is 11.8. The minimum absolute atomic E-state index is 0.0440. The van der Waals surface area contributed by atoms with Gasteiger partial charge < -0.3 is 28.4 Å². The third-order valence-electron chi connectivity index (χ3n) is 9.55. The summed E-state index contributed by atoms with van der Waals surface area (Å²) in [7, 11) is 0. The third-order valence-corrected chi connectivity index (χ3v) is 9.55. The largest absolute Gasteiger partial charge is 0.483 e. The van der Waals surface area contributed by atoms with Crippen molar-refractivity contribution in [3.63, 3.8) is 0 Å². The van der Waals surface area contributed by atoms with E-state index >= 15 is 0 Å². The summed E-state index contributed by atoms with van der Waals surface area (Å²) in [6.07, 6.45) is 4.17. The zero-order valence-electron chi connectivity index (χ0n) is 21.9. The Labute approximate surface area is 230 Å². The Kier molecular flexibility index (Phi) is 4.76. The predicted octanol–water partition coefficient (Wildman–Crippen LogP) is 2.83. The van der Waals surface area contributed by atoms with E-state index in [2.05, 4.69) is 0 Å². The molecule has 0 saturated carbocycles. The molecule has 2 aromatic carbocycles. The molecule has 4 atom stereocenters. The Balaban J connectivity index is 1.29. The summed E-state index contributed by atoms with van der Waals surface area (Å²) in [4.78, 5) is 28.2. The number of para-hydroxylation sites is 2. The lowest BCUT2D eigenvalue weighted by molar-refractivity contribution is -0.201. The Morgan fingerprint density at radius 2 is 0.975 bits per heavy atom. The van der Waals surface area contributed by atoms with Crippen molar-refractivity contribution < 1.29 is 38.0 Å². The number of Topliss-reactive ketones (excluding diaryl/α,β-unsaturated/α-hetero) is 2. The van der Waals surface area contributed by atoms with Crippen LogP contribution in [0.5, 0.6) is 11.5 Å². The van der Waals surface area contributed by atoms with Crippen molar-refractivity contribution in [3.8, 4) is 11.5 Å². The normalized spacial score (nSPS) is 32.0. The average Bonchev–Trinajstić information content (AvgIpc) is 3.64. The maximum atomic E-state index is 14.1. The number of hydrogen-bond acceptors (Lipinski definition) is 8. The fraction of sp³-hybridized carbons (Fsp3) is 0.438. The van der Waals surface area contributed by atoms with Crippen LogP contribution in [0.15, 0.2) is 59.7 Å². The molecule has 12 bridgehead atoms. The smallest absolute Gasteiger partial charge is 0.227 e. The Hall–Kier alpha value is -3.30. The first-order valence-corrected chi connectivity index (χ1v) is 14.2. The Morgan fingerprint density at radius 1 is 0.575 bits per heavy atom. The number of hydrogen-bond donors (Lipinski definition) is 0. The van der Waals surface area contributed by atoms with Gasteiger partial charge in [0.05, 0.1) is 38.3 Å². The maximum Gasteiger partial charge on any atom is 0.227 e. The highest BCUT2D eigenvalue weighted by molar-refractivity contribution is 6.01. The average molecular weight is 541 g/mol. The first kappa shape index (κ1) is 23.4. The van der Waals surface area contributed by atoms with Crippen LogP contribution < -0.4 is 9.47 Å². The molecule has 3 aliphatic carbocycles. The molecule has 11 aliphatic heterocycles. The van der Waals surface area contributed by atoms with Crippen molar-refractivity contribution in [2.24, 2.45) is 11.8 Å². The highest BCUT2D eigenvalue weighted by atomic mass is 16.8. The lowest BCUT2D eigenvalue weighted by Crippen LogP contribution is -2.58. The van der Waals surface area contributed by atoms with E-state index in [1.54, 1.807) is 0 Å². The molecule has 8 heteroatoms. The standard InChI is InChI=1S/C32H28O8/c33-25-21-11-17-3-1-5-19-13-23-26(34)22(16-32(37-9-10-38-32)29(23)39-27(17)19)12-18-4-2-6-20-14-24(25)30(40-28(18)20)31(15-21)35-7-8-36-31/h1-6,15-16,23-24,29-30H,7-14H2. The van der Waals surface area contributed by atoms with Crippen LogP contribution in [0.1, 0.15) is 22.3 Å². The van der Waals surface area contributed by atoms with Gasteiger partial charge in [-0.25, -0.2) is 0 Å². The highest BCUT2D eigenvalue weighted by Crippen LogP contribution is 2.49. The number of carbonyl (C=O) groups excluding carboxylic acids is 2. The summed E-state index contributed by atoms with van der Waals surface area (Å²) in [5, 5.41) is 0. The van der Waals surface area contributed by atoms with Gasteiger partial charge in [-0.2, -0.15) is 0 Å². The van der Waals surface area contributed by atoms with E-state index in [4.69, 9.17) is 28.4 Å². The Morgan fingerprint density at radius 3 is 1.40 bits per heavy atom. The van der Waals surface area contributed by atoms with Crippen LogP contribution in [-0.2, 0) is 54.2 Å². The fourth-order valence-electron chi connectivity index (χ4n) is 7.81. The fourth-order valence-corrected chi connectivity index (χ4v) is 7.81. The van der Waals surface area contributed by atoms with E-state index in [0.717, 1.165) is 22.3 Å². The quantitative estimate of drug-likeness (QED) is 0.504. The molecule has 2 aromatic rings. The molecular weight excluding hydrogens is 512 g/mol. The van der Waals surface area contributed by atoms with Crippen molar-refractivity contribution in [3.05, 3.63) is 82.0 Å². The summed E-state index contributed by atoms with van der Waals surface area (Å²) in [6, 6.07) is 11.9. The molecule has 2 fully saturated rings. The van der Waals surface area contributed by atoms with Gasteiger partial charge in [-0.3, -0.25) is 9.59 Å². The third kappa shape index (κ3) is 3.10. The van der Waals surface area contributed by atoms with Gasteiger partial charge in [0.25, 0.3) is 0 Å². The van der Waals surface area contributed by atoms with Gasteiger partial charge >= 0.3 is 0 Å². The summed E-state index contributed by atoms with van der Waals surface area (Å²) >= 11 is 0. The molecule has 40 heavy (non-hydrogen) atoms. The molecule has 16 rings (SSSR count). The monoisotopic (exact) mass is 540 g/mol. The van der Waals surface area contributed by atoms with E-state index in [1.165, 1.54) is 0 Å². The second kappa shape index (κ2) is 8.13. The number of ether oxygens (including phenoxy) is 6. The molecule has 4 unspecified atom stereocenters. The molecule has 204 valence electrons. The molecular formula is C32H28O8. The van der Waals surface area contributed by atoms with Crippen molar-refractivity contribution in [1.82, 2.24) is 0 Å². The molecule has 0 amide bonds. The van der Waals surface area contributed by atoms with Crippen LogP contribution in [0, 0.1) is 11.8 Å². The van der Waals surface area contributed by atoms with E-state index in [-0.39, 0.29) is 11.6 Å². The molecule has 0 aromatic heterocycles. The van der Waals surface area contributed by atoms with Gasteiger partial charge in [0, 0.05) is 24.0 Å². The summed E-state index contributed by atoms with van der Waals surface area (Å²) < 4.78 is 38.3. The minimum Gasteiger partial charge on any atom is -0.483 e. The Bertz CT molecular complexity index is 1420. The summed E-state index contributed by atoms with van der Waals surface area (Å²) in [5.41, 5.74) is 4.92. The van der Waals surface area contributed by atoms with Gasteiger partial charge in [-0.15, -0.1) is 0 Å². The maximum absolute atomic E-state index is 14.1. The van der Waals surface area contributed by atoms with Crippen LogP contribution in [-0.4, -0.2) is 61.8 Å².